The summed E-state index contributed by atoms with van der Waals surface area (Å²) in [7, 11) is 0. The van der Waals surface area contributed by atoms with Crippen molar-refractivity contribution in [2.24, 2.45) is 0 Å². The molecule has 0 unspecified atom stereocenters. The van der Waals surface area contributed by atoms with Crippen molar-refractivity contribution in [2.45, 2.75) is 85.0 Å². The summed E-state index contributed by atoms with van der Waals surface area (Å²) in [6, 6.07) is 0. The average molecular weight is 268 g/mol. The molecule has 0 saturated heterocycles. The van der Waals surface area contributed by atoms with Crippen LogP contribution in [0.1, 0.15) is 85.0 Å². The zero-order valence-corrected chi connectivity index (χ0v) is 13.8. The molecule has 0 fully saturated rings. The predicted molar refractivity (Wildman–Crippen MR) is 88.8 cm³/mol. The van der Waals surface area contributed by atoms with Gasteiger partial charge in [0.1, 0.15) is 0 Å². The minimum Gasteiger partial charge on any atom is -0.303 e. The third kappa shape index (κ3) is 13.9. The first-order valence-electron chi connectivity index (χ1n) is 8.72. The molecule has 0 amide bonds. The van der Waals surface area contributed by atoms with Crippen LogP contribution >= 0.6 is 0 Å². The maximum absolute atomic E-state index is 2.63. The lowest BCUT2D eigenvalue weighted by atomic mass is 10.1. The van der Waals surface area contributed by atoms with E-state index in [2.05, 4.69) is 37.8 Å². The number of hydrogen-bond donors (Lipinski definition) is 0. The highest BCUT2D eigenvalue weighted by Crippen LogP contribution is 2.07. The summed E-state index contributed by atoms with van der Waals surface area (Å²) in [5.41, 5.74) is 0. The number of unbranched alkanes of at least 4 members (excludes halogenated alkanes) is 6. The summed E-state index contributed by atoms with van der Waals surface area (Å²) < 4.78 is 0. The Labute approximate surface area is 122 Å². The maximum Gasteiger partial charge on any atom is -0.00187 e. The van der Waals surface area contributed by atoms with Gasteiger partial charge in [0.2, 0.25) is 0 Å². The second-order valence-corrected chi connectivity index (χ2v) is 5.66. The van der Waals surface area contributed by atoms with Gasteiger partial charge in [0.25, 0.3) is 0 Å². The van der Waals surface area contributed by atoms with Gasteiger partial charge in [-0.25, -0.2) is 0 Å². The molecule has 0 aliphatic carbocycles. The molecule has 0 N–H and O–H groups in total. The van der Waals surface area contributed by atoms with Crippen LogP contribution in [0.15, 0.2) is 12.2 Å². The Hall–Kier alpha value is -0.300. The van der Waals surface area contributed by atoms with Crippen molar-refractivity contribution in [2.75, 3.05) is 19.6 Å². The first kappa shape index (κ1) is 18.7. The molecular formula is C18H37N. The normalized spacial score (nSPS) is 11.8. The van der Waals surface area contributed by atoms with Crippen molar-refractivity contribution in [1.82, 2.24) is 4.90 Å². The maximum atomic E-state index is 2.63. The van der Waals surface area contributed by atoms with E-state index in [0.29, 0.717) is 0 Å². The molecule has 0 radical (unpaired) electrons. The van der Waals surface area contributed by atoms with E-state index in [1.54, 1.807) is 0 Å². The fourth-order valence-electron chi connectivity index (χ4n) is 2.50. The first-order chi connectivity index (χ1) is 9.35. The molecule has 0 aromatic heterocycles. The molecule has 0 atom stereocenters. The second-order valence-electron chi connectivity index (χ2n) is 5.66. The molecule has 0 rings (SSSR count). The largest absolute Gasteiger partial charge is 0.303 e. The number of allylic oxidation sites excluding steroid dienone is 2. The van der Waals surface area contributed by atoms with Gasteiger partial charge in [-0.2, -0.15) is 0 Å². The fraction of sp³-hybridized carbons (Fsp3) is 0.889. The minimum absolute atomic E-state index is 1.25. The third-order valence-corrected chi connectivity index (χ3v) is 3.55. The number of hydrogen-bond acceptors (Lipinski definition) is 1. The Morgan fingerprint density at radius 2 is 1.16 bits per heavy atom. The van der Waals surface area contributed by atoms with Crippen molar-refractivity contribution in [3.63, 3.8) is 0 Å². The molecule has 19 heavy (non-hydrogen) atoms. The zero-order chi connectivity index (χ0) is 14.2. The van der Waals surface area contributed by atoms with Crippen LogP contribution < -0.4 is 0 Å². The highest BCUT2D eigenvalue weighted by molar-refractivity contribution is 4.80. The smallest absolute Gasteiger partial charge is 0.00187 e. The molecule has 0 saturated carbocycles. The van der Waals surface area contributed by atoms with Gasteiger partial charge in [0.05, 0.1) is 0 Å². The molecule has 0 spiro atoms. The van der Waals surface area contributed by atoms with Crippen LogP contribution in [0.25, 0.3) is 0 Å². The lowest BCUT2D eigenvalue weighted by molar-refractivity contribution is 0.268. The van der Waals surface area contributed by atoms with Crippen LogP contribution in [0.3, 0.4) is 0 Å². The van der Waals surface area contributed by atoms with E-state index in [1.165, 1.54) is 83.8 Å². The lowest BCUT2D eigenvalue weighted by Gasteiger charge is -2.20. The monoisotopic (exact) mass is 267 g/mol. The van der Waals surface area contributed by atoms with E-state index in [4.69, 9.17) is 0 Å². The van der Waals surface area contributed by atoms with Gasteiger partial charge in [-0.15, -0.1) is 0 Å². The van der Waals surface area contributed by atoms with E-state index in [9.17, 15) is 0 Å². The molecule has 0 bridgehead atoms. The van der Waals surface area contributed by atoms with E-state index in [-0.39, 0.29) is 0 Å². The van der Waals surface area contributed by atoms with Gasteiger partial charge in [-0.05, 0) is 58.2 Å². The van der Waals surface area contributed by atoms with Crippen LogP contribution in [-0.2, 0) is 0 Å². The summed E-state index contributed by atoms with van der Waals surface area (Å²) in [4.78, 5) is 2.63. The van der Waals surface area contributed by atoms with E-state index >= 15 is 0 Å². The van der Waals surface area contributed by atoms with Crippen molar-refractivity contribution < 1.29 is 0 Å². The van der Waals surface area contributed by atoms with Crippen molar-refractivity contribution in [3.8, 4) is 0 Å². The van der Waals surface area contributed by atoms with Crippen LogP contribution in [-0.4, -0.2) is 24.5 Å². The average Bonchev–Trinajstić information content (AvgIpc) is 2.41. The lowest BCUT2D eigenvalue weighted by Crippen LogP contribution is -2.26. The van der Waals surface area contributed by atoms with Crippen LogP contribution in [0, 0.1) is 0 Å². The topological polar surface area (TPSA) is 3.24 Å². The summed E-state index contributed by atoms with van der Waals surface area (Å²) in [5, 5.41) is 0. The summed E-state index contributed by atoms with van der Waals surface area (Å²) >= 11 is 0. The molecule has 0 heterocycles. The summed E-state index contributed by atoms with van der Waals surface area (Å²) in [5.74, 6) is 0. The molecular weight excluding hydrogens is 230 g/mol. The van der Waals surface area contributed by atoms with Gasteiger partial charge in [0.15, 0.2) is 0 Å². The van der Waals surface area contributed by atoms with Gasteiger partial charge in [-0.3, -0.25) is 0 Å². The zero-order valence-electron chi connectivity index (χ0n) is 13.8. The van der Waals surface area contributed by atoms with Gasteiger partial charge < -0.3 is 4.90 Å². The Balaban J connectivity index is 3.28. The molecule has 1 heteroatoms. The van der Waals surface area contributed by atoms with Crippen LogP contribution in [0.5, 0.6) is 0 Å². The Bertz CT molecular complexity index is 180. The molecule has 0 aliphatic rings. The minimum atomic E-state index is 1.25. The van der Waals surface area contributed by atoms with Crippen LogP contribution in [0.4, 0.5) is 0 Å². The van der Waals surface area contributed by atoms with Crippen molar-refractivity contribution in [1.29, 1.82) is 0 Å². The second kappa shape index (κ2) is 15.8. The van der Waals surface area contributed by atoms with E-state index in [1.807, 2.05) is 0 Å². The predicted octanol–water partition coefficient (Wildman–Crippen LogP) is 5.81. The van der Waals surface area contributed by atoms with Gasteiger partial charge in [0, 0.05) is 0 Å². The van der Waals surface area contributed by atoms with Crippen molar-refractivity contribution in [3.05, 3.63) is 12.2 Å². The SMILES string of the molecule is CCC/C=C/CCCCCCCN(CCC)CCC. The highest BCUT2D eigenvalue weighted by Gasteiger charge is 2.01. The summed E-state index contributed by atoms with van der Waals surface area (Å²) in [6.45, 7) is 10.7. The van der Waals surface area contributed by atoms with Gasteiger partial charge >= 0.3 is 0 Å². The van der Waals surface area contributed by atoms with E-state index in [0.717, 1.165) is 0 Å². The molecule has 0 aromatic rings. The third-order valence-electron chi connectivity index (χ3n) is 3.55. The standard InChI is InChI=1S/C18H37N/c1-4-7-8-9-10-11-12-13-14-15-18-19(16-5-2)17-6-3/h8-9H,4-7,10-18H2,1-3H3/b9-8+. The number of rotatable bonds is 14. The summed E-state index contributed by atoms with van der Waals surface area (Å²) in [6.07, 6.45) is 18.2. The first-order valence-corrected chi connectivity index (χ1v) is 8.72. The van der Waals surface area contributed by atoms with Crippen LogP contribution in [0.2, 0.25) is 0 Å². The molecule has 114 valence electrons. The molecule has 0 aromatic carbocycles. The van der Waals surface area contributed by atoms with Crippen molar-refractivity contribution >= 4 is 0 Å². The Morgan fingerprint density at radius 3 is 1.79 bits per heavy atom. The quantitative estimate of drug-likeness (QED) is 0.284. The Morgan fingerprint density at radius 1 is 0.579 bits per heavy atom. The molecule has 0 aliphatic heterocycles. The highest BCUT2D eigenvalue weighted by atomic mass is 15.1. The fourth-order valence-corrected chi connectivity index (χ4v) is 2.50. The number of nitrogens with zero attached hydrogens (tertiary/aromatic N) is 1. The van der Waals surface area contributed by atoms with E-state index < -0.39 is 0 Å². The molecule has 1 nitrogen and oxygen atoms in total. The van der Waals surface area contributed by atoms with Gasteiger partial charge in [-0.1, -0.05) is 58.6 Å². The Kier molecular flexibility index (Phi) is 15.5.